The molecule has 3 rings (SSSR count). The lowest BCUT2D eigenvalue weighted by Gasteiger charge is -2.22. The maximum absolute atomic E-state index is 13.0. The van der Waals surface area contributed by atoms with Gasteiger partial charge in [-0.25, -0.2) is 4.79 Å². The van der Waals surface area contributed by atoms with Crippen LogP contribution in [0.2, 0.25) is 0 Å². The van der Waals surface area contributed by atoms with Gasteiger partial charge < -0.3 is 35.1 Å². The Balaban J connectivity index is 1.52. The number of carbonyl (C=O) groups is 4. The van der Waals surface area contributed by atoms with E-state index in [0.29, 0.717) is 39.1 Å². The molecule has 42 heavy (non-hydrogen) atoms. The summed E-state index contributed by atoms with van der Waals surface area (Å²) < 4.78 is 15.5. The molecule has 2 aromatic carbocycles. The smallest absolute Gasteiger partial charge is 0.407 e. The quantitative estimate of drug-likeness (QED) is 0.183. The zero-order valence-electron chi connectivity index (χ0n) is 23.6. The Hall–Kier alpha value is -4.80. The van der Waals surface area contributed by atoms with Crippen LogP contribution in [-0.2, 0) is 28.6 Å². The molecule has 224 valence electrons. The molecule has 11 nitrogen and oxygen atoms in total. The number of nitrogens with zero attached hydrogens (tertiary/aromatic N) is 1. The van der Waals surface area contributed by atoms with Gasteiger partial charge in [-0.15, -0.1) is 0 Å². The molecule has 0 saturated heterocycles. The van der Waals surface area contributed by atoms with E-state index in [1.54, 1.807) is 0 Å². The second-order valence-electron chi connectivity index (χ2n) is 9.41. The minimum absolute atomic E-state index is 0.0910. The van der Waals surface area contributed by atoms with Crippen LogP contribution in [0.4, 0.5) is 4.79 Å². The maximum atomic E-state index is 13.0. The van der Waals surface area contributed by atoms with Crippen LogP contribution in [0, 0.1) is 0 Å². The number of alkyl carbamates (subject to hydrolysis) is 1. The van der Waals surface area contributed by atoms with Gasteiger partial charge in [0.05, 0.1) is 25.7 Å². The molecule has 2 aromatic rings. The third-order valence-electron chi connectivity index (χ3n) is 6.51. The molecule has 0 fully saturated rings. The first-order valence-electron chi connectivity index (χ1n) is 13.8. The second-order valence-corrected chi connectivity index (χ2v) is 9.41. The summed E-state index contributed by atoms with van der Waals surface area (Å²) in [5.74, 6) is -1.64. The van der Waals surface area contributed by atoms with E-state index < -0.39 is 30.4 Å². The molecule has 0 spiro atoms. The largest absolute Gasteiger partial charge is 0.502 e. The van der Waals surface area contributed by atoms with Gasteiger partial charge in [-0.2, -0.15) is 0 Å². The molecule has 11 heteroatoms. The van der Waals surface area contributed by atoms with Crippen LogP contribution in [0.1, 0.15) is 29.9 Å². The maximum Gasteiger partial charge on any atom is 0.407 e. The first-order valence-corrected chi connectivity index (χ1v) is 13.8. The molecule has 1 aliphatic rings. The van der Waals surface area contributed by atoms with Crippen molar-refractivity contribution in [2.24, 2.45) is 0 Å². The van der Waals surface area contributed by atoms with Crippen LogP contribution in [0.3, 0.4) is 0 Å². The molecule has 0 radical (unpaired) electrons. The standard InChI is InChI=1S/C31H38N4O7/c1-3-40-17-9-15-32-28(36)20-35(21-29(37)33-16-10-18-41-4-2)30(38)19-34-31(39)42-22-27-25-13-7-5-11-23(25)24-12-6-8-14-26(24)27/h3-8,11-14,27H,1-2,9-10,15-22H2,(H,32,36)(H,33,37)(H,34,39). The molecule has 0 aromatic heterocycles. The Labute approximate surface area is 245 Å². The fourth-order valence-electron chi connectivity index (χ4n) is 4.53. The average molecular weight is 579 g/mol. The lowest BCUT2D eigenvalue weighted by Crippen LogP contribution is -2.49. The van der Waals surface area contributed by atoms with Gasteiger partial charge in [-0.05, 0) is 35.1 Å². The molecule has 0 saturated carbocycles. The average Bonchev–Trinajstić information content (AvgIpc) is 3.31. The van der Waals surface area contributed by atoms with Gasteiger partial charge in [0.25, 0.3) is 0 Å². The van der Waals surface area contributed by atoms with Gasteiger partial charge in [0, 0.05) is 19.0 Å². The number of fused-ring (bicyclic) bond motifs is 3. The highest BCUT2D eigenvalue weighted by molar-refractivity contribution is 5.91. The Bertz CT molecular complexity index is 1170. The lowest BCUT2D eigenvalue weighted by atomic mass is 9.98. The molecule has 3 N–H and O–H groups in total. The van der Waals surface area contributed by atoms with Gasteiger partial charge in [0.1, 0.15) is 26.2 Å². The zero-order valence-corrected chi connectivity index (χ0v) is 23.6. The summed E-state index contributed by atoms with van der Waals surface area (Å²) in [6, 6.07) is 15.9. The second kappa shape index (κ2) is 17.1. The van der Waals surface area contributed by atoms with Gasteiger partial charge in [-0.1, -0.05) is 61.7 Å². The first-order chi connectivity index (χ1) is 20.4. The topological polar surface area (TPSA) is 135 Å². The summed E-state index contributed by atoms with van der Waals surface area (Å²) in [6.45, 7) is 7.24. The first kappa shape index (κ1) is 31.7. The van der Waals surface area contributed by atoms with Crippen molar-refractivity contribution in [1.29, 1.82) is 0 Å². The molecular formula is C31H38N4O7. The van der Waals surface area contributed by atoms with Crippen molar-refractivity contribution in [3.05, 3.63) is 85.3 Å². The predicted molar refractivity (Wildman–Crippen MR) is 157 cm³/mol. The summed E-state index contributed by atoms with van der Waals surface area (Å²) in [6.07, 6.45) is 2.94. The number of amides is 4. The van der Waals surface area contributed by atoms with E-state index in [0.717, 1.165) is 27.2 Å². The van der Waals surface area contributed by atoms with Crippen molar-refractivity contribution in [2.75, 3.05) is 52.5 Å². The number of carbonyl (C=O) groups excluding carboxylic acids is 4. The molecule has 0 atom stereocenters. The van der Waals surface area contributed by atoms with Crippen LogP contribution < -0.4 is 16.0 Å². The highest BCUT2D eigenvalue weighted by Crippen LogP contribution is 2.44. The fraction of sp³-hybridized carbons (Fsp3) is 0.355. The zero-order chi connectivity index (χ0) is 30.2. The van der Waals surface area contributed by atoms with Gasteiger partial charge in [0.15, 0.2) is 0 Å². The van der Waals surface area contributed by atoms with Crippen molar-refractivity contribution in [3.8, 4) is 11.1 Å². The fourth-order valence-corrected chi connectivity index (χ4v) is 4.53. The summed E-state index contributed by atoms with van der Waals surface area (Å²) in [7, 11) is 0. The van der Waals surface area contributed by atoms with E-state index in [9.17, 15) is 19.2 Å². The number of ether oxygens (including phenoxy) is 3. The Kier molecular flexibility index (Phi) is 12.9. The van der Waals surface area contributed by atoms with E-state index in [4.69, 9.17) is 14.2 Å². The molecule has 0 heterocycles. The van der Waals surface area contributed by atoms with Crippen molar-refractivity contribution >= 4 is 23.8 Å². The molecule has 0 aliphatic heterocycles. The van der Waals surface area contributed by atoms with E-state index in [-0.39, 0.29) is 25.6 Å². The van der Waals surface area contributed by atoms with Crippen molar-refractivity contribution in [2.45, 2.75) is 18.8 Å². The van der Waals surface area contributed by atoms with E-state index in [1.807, 2.05) is 48.5 Å². The number of benzene rings is 2. The third-order valence-corrected chi connectivity index (χ3v) is 6.51. The van der Waals surface area contributed by atoms with Gasteiger partial charge in [-0.3, -0.25) is 14.4 Å². The molecule has 0 unspecified atom stereocenters. The van der Waals surface area contributed by atoms with Crippen LogP contribution in [0.5, 0.6) is 0 Å². The highest BCUT2D eigenvalue weighted by Gasteiger charge is 2.29. The van der Waals surface area contributed by atoms with Gasteiger partial charge in [0.2, 0.25) is 17.7 Å². The van der Waals surface area contributed by atoms with Crippen LogP contribution in [0.25, 0.3) is 11.1 Å². The number of nitrogens with one attached hydrogen (secondary N) is 3. The summed E-state index contributed by atoms with van der Waals surface area (Å²) in [5, 5.41) is 7.81. The number of hydrogen-bond donors (Lipinski definition) is 3. The molecule has 4 amide bonds. The van der Waals surface area contributed by atoms with Crippen LogP contribution >= 0.6 is 0 Å². The Morgan fingerprint density at radius 1 is 0.762 bits per heavy atom. The van der Waals surface area contributed by atoms with Crippen molar-refractivity contribution in [1.82, 2.24) is 20.9 Å². The van der Waals surface area contributed by atoms with Crippen LogP contribution in [-0.4, -0.2) is 81.3 Å². The van der Waals surface area contributed by atoms with Crippen LogP contribution in [0.15, 0.2) is 74.2 Å². The SMILES string of the molecule is C=COCCCNC(=O)CN(CC(=O)NCCCOC=C)C(=O)CNC(=O)OCC1c2ccccc2-c2ccccc21. The van der Waals surface area contributed by atoms with E-state index >= 15 is 0 Å². The summed E-state index contributed by atoms with van der Waals surface area (Å²) >= 11 is 0. The Morgan fingerprint density at radius 2 is 1.26 bits per heavy atom. The van der Waals surface area contributed by atoms with E-state index in [2.05, 4.69) is 29.1 Å². The monoisotopic (exact) mass is 578 g/mol. The minimum Gasteiger partial charge on any atom is -0.502 e. The molecule has 0 bridgehead atoms. The predicted octanol–water partition coefficient (Wildman–Crippen LogP) is 2.69. The Morgan fingerprint density at radius 3 is 1.76 bits per heavy atom. The summed E-state index contributed by atoms with van der Waals surface area (Å²) in [4.78, 5) is 51.5. The molecular weight excluding hydrogens is 540 g/mol. The molecule has 1 aliphatic carbocycles. The van der Waals surface area contributed by atoms with E-state index in [1.165, 1.54) is 12.5 Å². The minimum atomic E-state index is -0.775. The van der Waals surface area contributed by atoms with Gasteiger partial charge >= 0.3 is 6.09 Å². The highest BCUT2D eigenvalue weighted by atomic mass is 16.5. The normalized spacial score (nSPS) is 11.3. The number of hydrogen-bond acceptors (Lipinski definition) is 7. The van der Waals surface area contributed by atoms with Crippen molar-refractivity contribution < 1.29 is 33.4 Å². The lowest BCUT2D eigenvalue weighted by molar-refractivity contribution is -0.138. The third kappa shape index (κ3) is 9.69. The number of rotatable bonds is 18. The van der Waals surface area contributed by atoms with Crippen molar-refractivity contribution in [3.63, 3.8) is 0 Å². The summed E-state index contributed by atoms with van der Waals surface area (Å²) in [5.41, 5.74) is 4.34.